The third kappa shape index (κ3) is 4.54. The fraction of sp³-hybridized carbons (Fsp3) is 0.304. The molecule has 1 aliphatic heterocycles. The van der Waals surface area contributed by atoms with E-state index in [4.69, 9.17) is 4.74 Å². The minimum Gasteiger partial charge on any atom is -0.454 e. The summed E-state index contributed by atoms with van der Waals surface area (Å²) in [4.78, 5) is 62.9. The average Bonchev–Trinajstić information content (AvgIpc) is 3.06. The van der Waals surface area contributed by atoms with E-state index >= 15 is 0 Å². The van der Waals surface area contributed by atoms with Crippen molar-refractivity contribution in [3.8, 4) is 0 Å². The lowest BCUT2D eigenvalue weighted by Gasteiger charge is -2.29. The fourth-order valence-electron chi connectivity index (χ4n) is 4.26. The molecule has 0 radical (unpaired) electrons. The first-order valence-corrected chi connectivity index (χ1v) is 12.2. The van der Waals surface area contributed by atoms with Crippen molar-refractivity contribution in [3.63, 3.8) is 0 Å². The van der Waals surface area contributed by atoms with Gasteiger partial charge in [0.25, 0.3) is 5.69 Å². The van der Waals surface area contributed by atoms with E-state index in [9.17, 15) is 29.3 Å². The molecule has 0 bridgehead atoms. The Kier molecular flexibility index (Phi) is 6.94. The number of ketones is 1. The number of alkyl halides is 2. The highest BCUT2D eigenvalue weighted by molar-refractivity contribution is 9.12. The first-order valence-electron chi connectivity index (χ1n) is 10.4. The van der Waals surface area contributed by atoms with Gasteiger partial charge >= 0.3 is 5.97 Å². The molecule has 176 valence electrons. The molecule has 34 heavy (non-hydrogen) atoms. The van der Waals surface area contributed by atoms with E-state index in [-0.39, 0.29) is 44.0 Å². The van der Waals surface area contributed by atoms with Gasteiger partial charge in [-0.25, -0.2) is 9.69 Å². The number of Topliss-reactive ketones (excluding diaryl/α,β-unsaturated/α-hetero) is 1. The molecule has 4 rings (SSSR count). The Morgan fingerprint density at radius 2 is 1.62 bits per heavy atom. The van der Waals surface area contributed by atoms with E-state index in [0.29, 0.717) is 12.8 Å². The molecule has 2 aromatic carbocycles. The van der Waals surface area contributed by atoms with Gasteiger partial charge in [0.1, 0.15) is 0 Å². The Morgan fingerprint density at radius 1 is 1.00 bits per heavy atom. The van der Waals surface area contributed by atoms with Gasteiger partial charge in [-0.2, -0.15) is 0 Å². The number of nitro benzene ring substituents is 1. The number of ether oxygens (including phenoxy) is 1. The van der Waals surface area contributed by atoms with Crippen LogP contribution in [0.15, 0.2) is 48.5 Å². The summed E-state index contributed by atoms with van der Waals surface area (Å²) in [5.41, 5.74) is -0.151. The van der Waals surface area contributed by atoms with Crippen LogP contribution in [0.2, 0.25) is 0 Å². The molecule has 4 atom stereocenters. The summed E-state index contributed by atoms with van der Waals surface area (Å²) in [6.45, 7) is -0.655. The second-order valence-corrected chi connectivity index (χ2v) is 10.4. The number of hydrogen-bond donors (Lipinski definition) is 0. The number of benzene rings is 2. The molecule has 0 unspecified atom stereocenters. The van der Waals surface area contributed by atoms with Gasteiger partial charge in [-0.05, 0) is 25.0 Å². The van der Waals surface area contributed by atoms with Crippen LogP contribution in [0, 0.1) is 22.0 Å². The van der Waals surface area contributed by atoms with Gasteiger partial charge < -0.3 is 4.74 Å². The number of anilines is 1. The zero-order valence-corrected chi connectivity index (χ0v) is 20.7. The van der Waals surface area contributed by atoms with Crippen LogP contribution >= 0.6 is 31.9 Å². The number of nitrogens with zero attached hydrogens (tertiary/aromatic N) is 2. The second-order valence-electron chi connectivity index (χ2n) is 8.05. The molecule has 2 aliphatic rings. The standard InChI is InChI=1S/C23H18Br2N2O7/c24-17-9-15-16(10-18(17)25)22(30)26(21(15)29)19-7-2-1-6-14(19)23(31)34-11-20(28)12-4-3-5-13(8-12)27(32)33/h1-8,15-18H,9-11H2/t15-,16-,17+,18+/m1/s1. The minimum atomic E-state index is -0.887. The molecule has 1 saturated carbocycles. The summed E-state index contributed by atoms with van der Waals surface area (Å²) in [5.74, 6) is -3.21. The van der Waals surface area contributed by atoms with Crippen LogP contribution in [-0.4, -0.2) is 44.8 Å². The molecular formula is C23H18Br2N2O7. The SMILES string of the molecule is O=C(COC(=O)c1ccccc1N1C(=O)[C@@H]2C[C@H](Br)[C@@H](Br)C[C@H]2C1=O)c1cccc([N+](=O)[O-])c1. The molecule has 2 aromatic rings. The molecule has 0 N–H and O–H groups in total. The van der Waals surface area contributed by atoms with Crippen molar-refractivity contribution < 1.29 is 28.8 Å². The summed E-state index contributed by atoms with van der Waals surface area (Å²) in [6.07, 6.45) is 0.984. The van der Waals surface area contributed by atoms with Gasteiger partial charge in [-0.15, -0.1) is 0 Å². The Bertz CT molecular complexity index is 1170. The molecule has 2 fully saturated rings. The number of non-ortho nitro benzene ring substituents is 1. The van der Waals surface area contributed by atoms with Crippen molar-refractivity contribution in [2.45, 2.75) is 22.5 Å². The minimum absolute atomic E-state index is 0.0258. The van der Waals surface area contributed by atoms with Crippen LogP contribution in [0.3, 0.4) is 0 Å². The monoisotopic (exact) mass is 592 g/mol. The number of fused-ring (bicyclic) bond motifs is 1. The van der Waals surface area contributed by atoms with E-state index in [2.05, 4.69) is 31.9 Å². The van der Waals surface area contributed by atoms with Crippen LogP contribution in [0.25, 0.3) is 0 Å². The number of imide groups is 1. The Hall–Kier alpha value is -2.92. The van der Waals surface area contributed by atoms with Crippen LogP contribution in [0.5, 0.6) is 0 Å². The Labute approximate surface area is 210 Å². The zero-order chi connectivity index (χ0) is 24.6. The molecule has 1 heterocycles. The maximum atomic E-state index is 13.1. The number of halogens is 2. The molecule has 0 spiro atoms. The van der Waals surface area contributed by atoms with Crippen LogP contribution < -0.4 is 4.90 Å². The van der Waals surface area contributed by atoms with Crippen molar-refractivity contribution >= 4 is 66.8 Å². The maximum absolute atomic E-state index is 13.1. The summed E-state index contributed by atoms with van der Waals surface area (Å²) in [7, 11) is 0. The Morgan fingerprint density at radius 3 is 2.24 bits per heavy atom. The molecule has 2 amide bonds. The molecular weight excluding hydrogens is 576 g/mol. The quantitative estimate of drug-likeness (QED) is 0.123. The number of hydrogen-bond acceptors (Lipinski definition) is 7. The van der Waals surface area contributed by atoms with Crippen molar-refractivity contribution in [3.05, 3.63) is 69.8 Å². The highest BCUT2D eigenvalue weighted by atomic mass is 79.9. The number of amides is 2. The number of para-hydroxylation sites is 1. The van der Waals surface area contributed by atoms with E-state index in [1.165, 1.54) is 30.3 Å². The molecule has 11 heteroatoms. The van der Waals surface area contributed by atoms with Crippen LogP contribution in [0.1, 0.15) is 33.6 Å². The Balaban J connectivity index is 1.52. The highest BCUT2D eigenvalue weighted by Gasteiger charge is 2.52. The average molecular weight is 594 g/mol. The lowest BCUT2D eigenvalue weighted by atomic mass is 9.81. The zero-order valence-electron chi connectivity index (χ0n) is 17.6. The van der Waals surface area contributed by atoms with Gasteiger partial charge in [-0.3, -0.25) is 24.5 Å². The normalized spacial score (nSPS) is 24.0. The molecule has 1 saturated heterocycles. The van der Waals surface area contributed by atoms with Crippen molar-refractivity contribution in [2.24, 2.45) is 11.8 Å². The van der Waals surface area contributed by atoms with Gasteiger partial charge in [0, 0.05) is 27.4 Å². The summed E-state index contributed by atoms with van der Waals surface area (Å²) in [6, 6.07) is 11.2. The molecule has 9 nitrogen and oxygen atoms in total. The third-order valence-corrected chi connectivity index (χ3v) is 8.72. The highest BCUT2D eigenvalue weighted by Crippen LogP contribution is 2.44. The summed E-state index contributed by atoms with van der Waals surface area (Å²) in [5, 5.41) is 10.9. The summed E-state index contributed by atoms with van der Waals surface area (Å²) < 4.78 is 5.15. The van der Waals surface area contributed by atoms with Crippen molar-refractivity contribution in [2.75, 3.05) is 11.5 Å². The van der Waals surface area contributed by atoms with Crippen molar-refractivity contribution in [1.29, 1.82) is 0 Å². The van der Waals surface area contributed by atoms with Gasteiger partial charge in [-0.1, -0.05) is 56.1 Å². The number of nitro groups is 1. The maximum Gasteiger partial charge on any atom is 0.340 e. The summed E-state index contributed by atoms with van der Waals surface area (Å²) >= 11 is 7.09. The largest absolute Gasteiger partial charge is 0.454 e. The van der Waals surface area contributed by atoms with E-state index < -0.39 is 35.1 Å². The van der Waals surface area contributed by atoms with E-state index in [0.717, 1.165) is 11.0 Å². The first kappa shape index (κ1) is 24.2. The van der Waals surface area contributed by atoms with Gasteiger partial charge in [0.2, 0.25) is 17.6 Å². The lowest BCUT2D eigenvalue weighted by molar-refractivity contribution is -0.384. The van der Waals surface area contributed by atoms with Crippen LogP contribution in [-0.2, 0) is 14.3 Å². The van der Waals surface area contributed by atoms with E-state index in [1.54, 1.807) is 12.1 Å². The predicted octanol–water partition coefficient (Wildman–Crippen LogP) is 4.06. The molecule has 0 aromatic heterocycles. The van der Waals surface area contributed by atoms with Gasteiger partial charge in [0.15, 0.2) is 6.61 Å². The van der Waals surface area contributed by atoms with Crippen LogP contribution in [0.4, 0.5) is 11.4 Å². The fourth-order valence-corrected chi connectivity index (χ4v) is 5.50. The smallest absolute Gasteiger partial charge is 0.340 e. The third-order valence-electron chi connectivity index (χ3n) is 5.99. The number of rotatable bonds is 6. The number of carbonyl (C=O) groups excluding carboxylic acids is 4. The molecule has 1 aliphatic carbocycles. The van der Waals surface area contributed by atoms with E-state index in [1.807, 2.05) is 0 Å². The topological polar surface area (TPSA) is 124 Å². The van der Waals surface area contributed by atoms with Gasteiger partial charge in [0.05, 0.1) is 28.0 Å². The first-order chi connectivity index (χ1) is 16.2. The lowest BCUT2D eigenvalue weighted by Crippen LogP contribution is -2.34. The van der Waals surface area contributed by atoms with Crippen molar-refractivity contribution in [1.82, 2.24) is 0 Å². The second kappa shape index (κ2) is 9.75. The number of carbonyl (C=O) groups is 4. The number of esters is 1. The predicted molar refractivity (Wildman–Crippen MR) is 128 cm³/mol.